The summed E-state index contributed by atoms with van der Waals surface area (Å²) < 4.78 is 12.7. The number of hydrogen-bond donors (Lipinski definition) is 2. The average Bonchev–Trinajstić information content (AvgIpc) is 2.83. The van der Waals surface area contributed by atoms with Crippen molar-refractivity contribution in [3.63, 3.8) is 0 Å². The highest BCUT2D eigenvalue weighted by atomic mass is 19.1. The van der Waals surface area contributed by atoms with Crippen molar-refractivity contribution in [2.75, 3.05) is 20.1 Å². The molecule has 2 N–H and O–H groups in total. The van der Waals surface area contributed by atoms with Crippen LogP contribution in [-0.2, 0) is 4.79 Å². The number of carbonyl (C=O) groups excluding carboxylic acids is 1. The highest BCUT2D eigenvalue weighted by Crippen LogP contribution is 2.09. The summed E-state index contributed by atoms with van der Waals surface area (Å²) in [4.78, 5) is 13.5. The summed E-state index contributed by atoms with van der Waals surface area (Å²) in [7, 11) is 1.66. The molecule has 102 valence electrons. The number of β-amino-alcohol motifs (C(OH)–C–C–N with tert-alkyl or cyclic N) is 1. The number of aliphatic hydroxyl groups excluding tert-OH is 1. The van der Waals surface area contributed by atoms with Gasteiger partial charge >= 0.3 is 0 Å². The van der Waals surface area contributed by atoms with Crippen LogP contribution in [0.3, 0.4) is 0 Å². The van der Waals surface area contributed by atoms with Crippen LogP contribution >= 0.6 is 0 Å². The molecule has 19 heavy (non-hydrogen) atoms. The first-order chi connectivity index (χ1) is 9.08. The Labute approximate surface area is 111 Å². The molecular weight excluding hydrogens is 247 g/mol. The van der Waals surface area contributed by atoms with Gasteiger partial charge in [-0.2, -0.15) is 0 Å². The van der Waals surface area contributed by atoms with Crippen LogP contribution in [0.25, 0.3) is 6.08 Å². The van der Waals surface area contributed by atoms with Gasteiger partial charge in [0.05, 0.1) is 12.1 Å². The average molecular weight is 264 g/mol. The Morgan fingerprint density at radius 1 is 1.42 bits per heavy atom. The summed E-state index contributed by atoms with van der Waals surface area (Å²) in [5.74, 6) is -0.488. The van der Waals surface area contributed by atoms with Crippen LogP contribution in [0.15, 0.2) is 30.3 Å². The fourth-order valence-electron chi connectivity index (χ4n) is 2.07. The highest BCUT2D eigenvalue weighted by Gasteiger charge is 2.30. The van der Waals surface area contributed by atoms with Gasteiger partial charge in [-0.1, -0.05) is 12.1 Å². The van der Waals surface area contributed by atoms with Gasteiger partial charge < -0.3 is 15.3 Å². The molecule has 2 atom stereocenters. The second-order valence-corrected chi connectivity index (χ2v) is 4.63. The van der Waals surface area contributed by atoms with E-state index in [4.69, 9.17) is 0 Å². The lowest BCUT2D eigenvalue weighted by Crippen LogP contribution is -2.43. The Kier molecular flexibility index (Phi) is 4.29. The first-order valence-electron chi connectivity index (χ1n) is 6.17. The van der Waals surface area contributed by atoms with Crippen LogP contribution < -0.4 is 5.32 Å². The molecule has 0 aromatic heterocycles. The quantitative estimate of drug-likeness (QED) is 0.787. The highest BCUT2D eigenvalue weighted by molar-refractivity contribution is 5.91. The first-order valence-corrected chi connectivity index (χ1v) is 6.17. The smallest absolute Gasteiger partial charge is 0.246 e. The summed E-state index contributed by atoms with van der Waals surface area (Å²) >= 11 is 0. The standard InChI is InChI=1S/C14H17FN2O2/c1-17(12-8-16-9-13(12)18)14(19)7-4-10-2-5-11(15)6-3-10/h2-7,12-13,16,18H,8-9H2,1H3/b7-4+/t12-,13-/m0/s1. The zero-order valence-corrected chi connectivity index (χ0v) is 10.7. The van der Waals surface area contributed by atoms with E-state index < -0.39 is 6.10 Å². The molecule has 1 aliphatic rings. The third-order valence-corrected chi connectivity index (χ3v) is 3.28. The molecule has 0 spiro atoms. The normalized spacial score (nSPS) is 22.9. The van der Waals surface area contributed by atoms with Gasteiger partial charge in [-0.25, -0.2) is 4.39 Å². The van der Waals surface area contributed by atoms with Crippen LogP contribution in [0.2, 0.25) is 0 Å². The molecule has 2 rings (SSSR count). The zero-order chi connectivity index (χ0) is 13.8. The van der Waals surface area contributed by atoms with Crippen LogP contribution in [0.1, 0.15) is 5.56 Å². The second kappa shape index (κ2) is 5.95. The maximum atomic E-state index is 12.7. The van der Waals surface area contributed by atoms with E-state index in [-0.39, 0.29) is 17.8 Å². The van der Waals surface area contributed by atoms with Crippen LogP contribution in [0, 0.1) is 5.82 Å². The zero-order valence-electron chi connectivity index (χ0n) is 10.7. The monoisotopic (exact) mass is 264 g/mol. The summed E-state index contributed by atoms with van der Waals surface area (Å²) in [5, 5.41) is 12.7. The molecule has 0 aliphatic carbocycles. The van der Waals surface area contributed by atoms with Gasteiger partial charge in [-0.15, -0.1) is 0 Å². The summed E-state index contributed by atoms with van der Waals surface area (Å²) in [6.07, 6.45) is 2.53. The molecule has 1 amide bonds. The Morgan fingerprint density at radius 3 is 2.68 bits per heavy atom. The van der Waals surface area contributed by atoms with E-state index in [9.17, 15) is 14.3 Å². The number of nitrogens with zero attached hydrogens (tertiary/aromatic N) is 1. The third kappa shape index (κ3) is 3.39. The predicted octanol–water partition coefficient (Wildman–Crippen LogP) is 0.630. The molecule has 4 nitrogen and oxygen atoms in total. The van der Waals surface area contributed by atoms with Crippen LogP contribution in [-0.4, -0.2) is 48.2 Å². The van der Waals surface area contributed by atoms with Gasteiger partial charge in [0, 0.05) is 26.2 Å². The van der Waals surface area contributed by atoms with Gasteiger partial charge in [0.25, 0.3) is 0 Å². The van der Waals surface area contributed by atoms with E-state index in [1.54, 1.807) is 25.3 Å². The SMILES string of the molecule is CN(C(=O)/C=C/c1ccc(F)cc1)[C@H]1CNC[C@@H]1O. The van der Waals surface area contributed by atoms with E-state index in [1.807, 2.05) is 0 Å². The van der Waals surface area contributed by atoms with Gasteiger partial charge in [-0.05, 0) is 23.8 Å². The van der Waals surface area contributed by atoms with Crippen molar-refractivity contribution >= 4 is 12.0 Å². The van der Waals surface area contributed by atoms with Crippen LogP contribution in [0.5, 0.6) is 0 Å². The minimum absolute atomic E-state index is 0.183. The number of nitrogens with one attached hydrogen (secondary N) is 1. The van der Waals surface area contributed by atoms with Crippen molar-refractivity contribution in [3.05, 3.63) is 41.7 Å². The minimum atomic E-state index is -0.534. The first kappa shape index (κ1) is 13.7. The number of halogens is 1. The van der Waals surface area contributed by atoms with Crippen LogP contribution in [0.4, 0.5) is 4.39 Å². The molecule has 1 aromatic rings. The lowest BCUT2D eigenvalue weighted by molar-refractivity contribution is -0.127. The number of rotatable bonds is 3. The van der Waals surface area contributed by atoms with Crippen molar-refractivity contribution in [3.8, 4) is 0 Å². The Bertz CT molecular complexity index is 473. The molecule has 1 aromatic carbocycles. The van der Waals surface area contributed by atoms with Gasteiger partial charge in [0.1, 0.15) is 5.82 Å². The molecule has 1 heterocycles. The fourth-order valence-corrected chi connectivity index (χ4v) is 2.07. The molecular formula is C14H17FN2O2. The molecule has 0 saturated carbocycles. The summed E-state index contributed by atoms with van der Waals surface area (Å²) in [6, 6.07) is 5.69. The lowest BCUT2D eigenvalue weighted by atomic mass is 10.1. The van der Waals surface area contributed by atoms with E-state index in [1.165, 1.54) is 23.1 Å². The third-order valence-electron chi connectivity index (χ3n) is 3.28. The summed E-state index contributed by atoms with van der Waals surface area (Å²) in [6.45, 7) is 1.09. The van der Waals surface area contributed by atoms with Gasteiger partial charge in [0.2, 0.25) is 5.91 Å². The Balaban J connectivity index is 1.98. The van der Waals surface area contributed by atoms with Gasteiger partial charge in [-0.3, -0.25) is 4.79 Å². The number of carbonyl (C=O) groups is 1. The minimum Gasteiger partial charge on any atom is -0.390 e. The van der Waals surface area contributed by atoms with E-state index in [2.05, 4.69) is 5.32 Å². The lowest BCUT2D eigenvalue weighted by Gasteiger charge is -2.25. The largest absolute Gasteiger partial charge is 0.390 e. The predicted molar refractivity (Wildman–Crippen MR) is 70.9 cm³/mol. The molecule has 1 fully saturated rings. The molecule has 1 saturated heterocycles. The number of likely N-dealkylation sites (N-methyl/N-ethyl adjacent to an activating group) is 1. The molecule has 5 heteroatoms. The van der Waals surface area contributed by atoms with Crippen molar-refractivity contribution in [1.82, 2.24) is 10.2 Å². The van der Waals surface area contributed by atoms with E-state index in [0.29, 0.717) is 13.1 Å². The molecule has 1 aliphatic heterocycles. The number of hydrogen-bond acceptors (Lipinski definition) is 3. The maximum Gasteiger partial charge on any atom is 0.246 e. The molecule has 0 radical (unpaired) electrons. The fraction of sp³-hybridized carbons (Fsp3) is 0.357. The number of amides is 1. The number of benzene rings is 1. The summed E-state index contributed by atoms with van der Waals surface area (Å²) in [5.41, 5.74) is 0.758. The second-order valence-electron chi connectivity index (χ2n) is 4.63. The van der Waals surface area contributed by atoms with E-state index >= 15 is 0 Å². The topological polar surface area (TPSA) is 52.6 Å². The van der Waals surface area contributed by atoms with Crippen molar-refractivity contribution in [2.24, 2.45) is 0 Å². The molecule has 0 bridgehead atoms. The number of aliphatic hydroxyl groups is 1. The Hall–Kier alpha value is -1.72. The van der Waals surface area contributed by atoms with Gasteiger partial charge in [0.15, 0.2) is 0 Å². The molecule has 0 unspecified atom stereocenters. The van der Waals surface area contributed by atoms with Crippen molar-refractivity contribution < 1.29 is 14.3 Å². The van der Waals surface area contributed by atoms with Crippen molar-refractivity contribution in [1.29, 1.82) is 0 Å². The maximum absolute atomic E-state index is 12.7. The van der Waals surface area contributed by atoms with Crippen molar-refractivity contribution in [2.45, 2.75) is 12.1 Å². The Morgan fingerprint density at radius 2 is 2.11 bits per heavy atom. The van der Waals surface area contributed by atoms with E-state index in [0.717, 1.165) is 5.56 Å².